The third kappa shape index (κ3) is 5.19. The normalized spacial score (nSPS) is 22.7. The highest BCUT2D eigenvalue weighted by atomic mass is 79.9. The van der Waals surface area contributed by atoms with Gasteiger partial charge in [0.1, 0.15) is 11.6 Å². The number of ether oxygens (including phenoxy) is 1. The number of amides is 1. The number of benzene rings is 1. The molecule has 3 atom stereocenters. The first-order valence-corrected chi connectivity index (χ1v) is 12.4. The Balaban J connectivity index is 1.71. The van der Waals surface area contributed by atoms with Crippen molar-refractivity contribution >= 4 is 39.6 Å². The molecule has 2 aliphatic rings. The lowest BCUT2D eigenvalue weighted by Crippen LogP contribution is -2.52. The summed E-state index contributed by atoms with van der Waals surface area (Å²) in [6.07, 6.45) is 3.90. The number of likely N-dealkylation sites (tertiary alicyclic amines) is 1. The summed E-state index contributed by atoms with van der Waals surface area (Å²) in [5.74, 6) is -1.07. The molecule has 6 nitrogen and oxygen atoms in total. The summed E-state index contributed by atoms with van der Waals surface area (Å²) in [6.45, 7) is 5.66. The van der Waals surface area contributed by atoms with Crippen LogP contribution in [0.3, 0.4) is 0 Å². The second kappa shape index (κ2) is 9.26. The number of hydrogen-bond donors (Lipinski definition) is 1. The van der Waals surface area contributed by atoms with E-state index in [1.165, 1.54) is 10.5 Å². The number of halogens is 2. The zero-order valence-electron chi connectivity index (χ0n) is 19.0. The zero-order chi connectivity index (χ0) is 23.9. The van der Waals surface area contributed by atoms with Gasteiger partial charge in [0.2, 0.25) is 0 Å². The quantitative estimate of drug-likeness (QED) is 0.523. The summed E-state index contributed by atoms with van der Waals surface area (Å²) in [5.41, 5.74) is 3.77. The van der Waals surface area contributed by atoms with Crippen LogP contribution in [0.2, 0.25) is 5.02 Å². The van der Waals surface area contributed by atoms with Gasteiger partial charge >= 0.3 is 12.1 Å². The SMILES string of the molecule is CC(C)(C)OC(=O)N1CCC([C@@H]2c3ccc(Cl)cc3CCc3cc(Br)cnc32)CC1C(=O)O. The number of piperidine rings is 1. The predicted octanol–water partition coefficient (Wildman–Crippen LogP) is 5.83. The molecule has 1 aromatic carbocycles. The number of carboxylic acids is 1. The van der Waals surface area contributed by atoms with Crippen LogP contribution in [-0.2, 0) is 22.4 Å². The Morgan fingerprint density at radius 1 is 1.21 bits per heavy atom. The molecule has 33 heavy (non-hydrogen) atoms. The van der Waals surface area contributed by atoms with Crippen LogP contribution in [0.15, 0.2) is 34.9 Å². The minimum absolute atomic E-state index is 0.00948. The topological polar surface area (TPSA) is 79.7 Å². The number of hydrogen-bond acceptors (Lipinski definition) is 4. The molecule has 0 bridgehead atoms. The number of carbonyl (C=O) groups is 2. The van der Waals surface area contributed by atoms with E-state index in [4.69, 9.17) is 21.3 Å². The van der Waals surface area contributed by atoms with Crippen LogP contribution in [0.25, 0.3) is 0 Å². The zero-order valence-corrected chi connectivity index (χ0v) is 21.3. The van der Waals surface area contributed by atoms with Gasteiger partial charge in [-0.3, -0.25) is 9.88 Å². The number of nitrogens with zero attached hydrogens (tertiary/aromatic N) is 2. The van der Waals surface area contributed by atoms with Crippen molar-refractivity contribution in [3.8, 4) is 0 Å². The maximum Gasteiger partial charge on any atom is 0.411 e. The number of carbonyl (C=O) groups excluding carboxylic acids is 1. The van der Waals surface area contributed by atoms with Gasteiger partial charge in [0.15, 0.2) is 0 Å². The molecule has 1 N–H and O–H groups in total. The number of aryl methyl sites for hydroxylation is 2. The molecule has 176 valence electrons. The van der Waals surface area contributed by atoms with E-state index in [2.05, 4.69) is 28.1 Å². The molecule has 0 saturated carbocycles. The molecule has 1 aromatic heterocycles. The van der Waals surface area contributed by atoms with E-state index in [-0.39, 0.29) is 11.8 Å². The van der Waals surface area contributed by atoms with Gasteiger partial charge in [-0.1, -0.05) is 17.7 Å². The lowest BCUT2D eigenvalue weighted by molar-refractivity contribution is -0.145. The van der Waals surface area contributed by atoms with Crippen LogP contribution in [0.4, 0.5) is 4.79 Å². The summed E-state index contributed by atoms with van der Waals surface area (Å²) in [7, 11) is 0. The van der Waals surface area contributed by atoms with Gasteiger partial charge in [-0.15, -0.1) is 0 Å². The summed E-state index contributed by atoms with van der Waals surface area (Å²) >= 11 is 9.85. The highest BCUT2D eigenvalue weighted by molar-refractivity contribution is 9.10. The summed E-state index contributed by atoms with van der Waals surface area (Å²) in [4.78, 5) is 31.1. The Hall–Kier alpha value is -2.12. The van der Waals surface area contributed by atoms with Crippen LogP contribution in [0.1, 0.15) is 61.9 Å². The summed E-state index contributed by atoms with van der Waals surface area (Å²) in [6, 6.07) is 7.11. The average molecular weight is 536 g/mol. The van der Waals surface area contributed by atoms with Gasteiger partial charge in [0.25, 0.3) is 0 Å². The second-order valence-electron chi connectivity index (χ2n) is 9.83. The van der Waals surface area contributed by atoms with Crippen molar-refractivity contribution in [3.63, 3.8) is 0 Å². The maximum absolute atomic E-state index is 12.7. The van der Waals surface area contributed by atoms with Gasteiger partial charge in [-0.25, -0.2) is 9.59 Å². The fourth-order valence-corrected chi connectivity index (χ4v) is 5.60. The molecule has 1 saturated heterocycles. The number of aliphatic carboxylic acids is 1. The van der Waals surface area contributed by atoms with Crippen molar-refractivity contribution in [2.75, 3.05) is 6.54 Å². The monoisotopic (exact) mass is 534 g/mol. The molecule has 2 heterocycles. The van der Waals surface area contributed by atoms with Crippen LogP contribution in [0, 0.1) is 5.92 Å². The Kier molecular flexibility index (Phi) is 6.74. The van der Waals surface area contributed by atoms with Crippen molar-refractivity contribution in [2.24, 2.45) is 5.92 Å². The standard InChI is InChI=1S/C25H28BrClN2O4/c1-25(2,3)33-24(32)29-9-8-15(12-20(29)23(30)31)21-19-7-6-18(27)11-14(19)4-5-16-10-17(26)13-28-22(16)21/h6-7,10-11,13,15,20-21H,4-5,8-9,12H2,1-3H3,(H,30,31)/t15?,20?,21-/m1/s1. The molecule has 4 rings (SSSR count). The maximum atomic E-state index is 12.7. The van der Waals surface area contributed by atoms with Gasteiger partial charge in [0, 0.05) is 28.2 Å². The Morgan fingerprint density at radius 2 is 1.94 bits per heavy atom. The number of fused-ring (bicyclic) bond motifs is 2. The molecule has 2 aromatic rings. The number of pyridine rings is 1. The van der Waals surface area contributed by atoms with E-state index in [1.807, 2.05) is 12.1 Å². The van der Waals surface area contributed by atoms with Crippen LogP contribution < -0.4 is 0 Å². The van der Waals surface area contributed by atoms with Gasteiger partial charge in [0.05, 0.1) is 5.69 Å². The first kappa shape index (κ1) is 24.0. The van der Waals surface area contributed by atoms with Gasteiger partial charge in [-0.2, -0.15) is 0 Å². The molecule has 1 aliphatic heterocycles. The molecule has 2 unspecified atom stereocenters. The second-order valence-corrected chi connectivity index (χ2v) is 11.2. The fourth-order valence-electron chi connectivity index (χ4n) is 5.03. The van der Waals surface area contributed by atoms with E-state index < -0.39 is 23.7 Å². The summed E-state index contributed by atoms with van der Waals surface area (Å²) in [5, 5.41) is 10.7. The minimum atomic E-state index is -1.01. The first-order valence-electron chi connectivity index (χ1n) is 11.2. The van der Waals surface area contributed by atoms with E-state index in [1.54, 1.807) is 27.0 Å². The molecular weight excluding hydrogens is 508 g/mol. The third-order valence-electron chi connectivity index (χ3n) is 6.39. The number of aromatic nitrogens is 1. The van der Waals surface area contributed by atoms with E-state index in [0.29, 0.717) is 24.4 Å². The van der Waals surface area contributed by atoms with E-state index >= 15 is 0 Å². The lowest BCUT2D eigenvalue weighted by atomic mass is 9.74. The van der Waals surface area contributed by atoms with Crippen LogP contribution >= 0.6 is 27.5 Å². The molecule has 1 aliphatic carbocycles. The van der Waals surface area contributed by atoms with Crippen molar-refractivity contribution in [2.45, 2.75) is 64.0 Å². The largest absolute Gasteiger partial charge is 0.480 e. The Bertz CT molecular complexity index is 1030. The lowest BCUT2D eigenvalue weighted by Gasteiger charge is -2.40. The van der Waals surface area contributed by atoms with Gasteiger partial charge in [-0.05, 0) is 103 Å². The summed E-state index contributed by atoms with van der Waals surface area (Å²) < 4.78 is 6.41. The number of carboxylic acid groups (broad SMARTS) is 1. The van der Waals surface area contributed by atoms with Crippen molar-refractivity contribution in [1.82, 2.24) is 9.88 Å². The van der Waals surface area contributed by atoms with Crippen LogP contribution in [0.5, 0.6) is 0 Å². The first-order chi connectivity index (χ1) is 15.5. The van der Waals surface area contributed by atoms with Crippen LogP contribution in [-0.4, -0.2) is 45.2 Å². The Labute approximate surface area is 207 Å². The molecule has 1 fully saturated rings. The van der Waals surface area contributed by atoms with E-state index in [9.17, 15) is 14.7 Å². The average Bonchev–Trinajstić information content (AvgIpc) is 2.88. The van der Waals surface area contributed by atoms with E-state index in [0.717, 1.165) is 34.1 Å². The minimum Gasteiger partial charge on any atom is -0.480 e. The Morgan fingerprint density at radius 3 is 2.64 bits per heavy atom. The van der Waals surface area contributed by atoms with Gasteiger partial charge < -0.3 is 9.84 Å². The third-order valence-corrected chi connectivity index (χ3v) is 7.06. The predicted molar refractivity (Wildman–Crippen MR) is 130 cm³/mol. The highest BCUT2D eigenvalue weighted by Crippen LogP contribution is 2.44. The highest BCUT2D eigenvalue weighted by Gasteiger charge is 2.42. The smallest absolute Gasteiger partial charge is 0.411 e. The van der Waals surface area contributed by atoms with Crippen molar-refractivity contribution in [1.29, 1.82) is 0 Å². The van der Waals surface area contributed by atoms with Crippen molar-refractivity contribution in [3.05, 3.63) is 62.3 Å². The number of rotatable bonds is 2. The molecular formula is C25H28BrClN2O4. The fraction of sp³-hybridized carbons (Fsp3) is 0.480. The molecule has 1 amide bonds. The van der Waals surface area contributed by atoms with Crippen molar-refractivity contribution < 1.29 is 19.4 Å². The molecule has 0 spiro atoms. The molecule has 0 radical (unpaired) electrons. The molecule has 8 heteroatoms.